The number of fused-ring (bicyclic) bond motifs is 1. The summed E-state index contributed by atoms with van der Waals surface area (Å²) in [4.78, 5) is 30.7. The zero-order valence-corrected chi connectivity index (χ0v) is 18.8. The number of benzene rings is 1. The Labute approximate surface area is 186 Å². The zero-order valence-electron chi connectivity index (χ0n) is 17.2. The van der Waals surface area contributed by atoms with Gasteiger partial charge in [-0.3, -0.25) is 9.59 Å². The molecule has 2 heterocycles. The predicted octanol–water partition coefficient (Wildman–Crippen LogP) is 2.68. The van der Waals surface area contributed by atoms with E-state index in [4.69, 9.17) is 11.6 Å². The first-order valence-electron chi connectivity index (χ1n) is 10.0. The second-order valence-corrected chi connectivity index (χ2v) is 10.5. The summed E-state index contributed by atoms with van der Waals surface area (Å²) in [7, 11) is -2.54. The Morgan fingerprint density at radius 2 is 2.00 bits per heavy atom. The van der Waals surface area contributed by atoms with Crippen LogP contribution in [0.2, 0.25) is 5.02 Å². The van der Waals surface area contributed by atoms with Crippen molar-refractivity contribution in [3.63, 3.8) is 0 Å². The molecular weight excluding hydrogens is 440 g/mol. The number of nitrogens with zero attached hydrogens (tertiary/aromatic N) is 3. The third-order valence-corrected chi connectivity index (χ3v) is 7.52. The number of hydrogen-bond donors (Lipinski definition) is 1. The smallest absolute Gasteiger partial charge is 0.243 e. The molecule has 1 unspecified atom stereocenters. The number of amides is 2. The van der Waals surface area contributed by atoms with Crippen LogP contribution in [0.1, 0.15) is 25.3 Å². The maximum absolute atomic E-state index is 13.0. The number of carbonyl (C=O) groups excluding carboxylic acids is 2. The molecule has 2 amide bonds. The number of nitrogens with one attached hydrogen (secondary N) is 1. The van der Waals surface area contributed by atoms with Crippen LogP contribution in [0.5, 0.6) is 0 Å². The molecule has 0 radical (unpaired) electrons. The lowest BCUT2D eigenvalue weighted by molar-refractivity contribution is -0.120. The number of carbonyl (C=O) groups is 2. The van der Waals surface area contributed by atoms with E-state index < -0.39 is 15.9 Å². The summed E-state index contributed by atoms with van der Waals surface area (Å²) in [5.74, 6) is -0.0212. The van der Waals surface area contributed by atoms with Gasteiger partial charge in [0.05, 0.1) is 16.5 Å². The number of hydrogen-bond acceptors (Lipinski definition) is 5. The van der Waals surface area contributed by atoms with Gasteiger partial charge >= 0.3 is 0 Å². The average Bonchev–Trinajstić information content (AvgIpc) is 3.51. The molecule has 4 rings (SSSR count). The molecule has 1 aromatic carbocycles. The quantitative estimate of drug-likeness (QED) is 0.711. The molecule has 2 aliphatic rings. The lowest BCUT2D eigenvalue weighted by Crippen LogP contribution is -2.36. The molecule has 10 heteroatoms. The van der Waals surface area contributed by atoms with Crippen molar-refractivity contribution in [1.82, 2.24) is 9.29 Å². The molecule has 1 aromatic heterocycles. The van der Waals surface area contributed by atoms with Gasteiger partial charge < -0.3 is 10.2 Å². The summed E-state index contributed by atoms with van der Waals surface area (Å²) < 4.78 is 27.0. The minimum Gasteiger partial charge on any atom is -0.310 e. The SMILES string of the molecule is CC1Cc2cc(S(=O)(=O)N(C)CC(=O)Nc3ccc(Cl)cn3)ccc2N1C(=O)C1CC1. The first-order valence-corrected chi connectivity index (χ1v) is 11.8. The number of likely N-dealkylation sites (N-methyl/N-ethyl adjacent to an activating group) is 1. The summed E-state index contributed by atoms with van der Waals surface area (Å²) in [6.45, 7) is 1.60. The molecule has 164 valence electrons. The van der Waals surface area contributed by atoms with Crippen LogP contribution in [0.4, 0.5) is 11.5 Å². The largest absolute Gasteiger partial charge is 0.310 e. The number of anilines is 2. The van der Waals surface area contributed by atoms with Gasteiger partial charge in [-0.1, -0.05) is 11.6 Å². The molecule has 0 saturated heterocycles. The van der Waals surface area contributed by atoms with E-state index in [0.717, 1.165) is 28.4 Å². The first kappa shape index (κ1) is 21.7. The molecule has 0 bridgehead atoms. The van der Waals surface area contributed by atoms with Gasteiger partial charge in [-0.05, 0) is 62.1 Å². The molecule has 2 aromatic rings. The van der Waals surface area contributed by atoms with Gasteiger partial charge in [0.1, 0.15) is 5.82 Å². The van der Waals surface area contributed by atoms with Crippen molar-refractivity contribution >= 4 is 44.9 Å². The number of halogens is 1. The molecule has 1 atom stereocenters. The van der Waals surface area contributed by atoms with Crippen molar-refractivity contribution in [2.75, 3.05) is 23.8 Å². The third-order valence-electron chi connectivity index (χ3n) is 5.50. The Balaban J connectivity index is 1.48. The molecule has 1 fully saturated rings. The van der Waals surface area contributed by atoms with Crippen LogP contribution in [0.25, 0.3) is 0 Å². The molecular formula is C21H23ClN4O4S. The summed E-state index contributed by atoms with van der Waals surface area (Å²) in [6, 6.07) is 7.90. The third kappa shape index (κ3) is 4.44. The molecule has 1 saturated carbocycles. The Hall–Kier alpha value is -2.49. The summed E-state index contributed by atoms with van der Waals surface area (Å²) in [6.07, 6.45) is 3.83. The molecule has 1 aliphatic heterocycles. The van der Waals surface area contributed by atoms with Gasteiger partial charge in [-0.15, -0.1) is 0 Å². The lowest BCUT2D eigenvalue weighted by Gasteiger charge is -2.23. The number of sulfonamides is 1. The van der Waals surface area contributed by atoms with E-state index in [9.17, 15) is 18.0 Å². The van der Waals surface area contributed by atoms with Gasteiger partial charge in [0, 0.05) is 30.9 Å². The number of aromatic nitrogens is 1. The van der Waals surface area contributed by atoms with Crippen LogP contribution in [0.15, 0.2) is 41.4 Å². The van der Waals surface area contributed by atoms with Crippen LogP contribution in [-0.4, -0.2) is 49.2 Å². The van der Waals surface area contributed by atoms with E-state index in [1.54, 1.807) is 23.1 Å². The van der Waals surface area contributed by atoms with Gasteiger partial charge in [-0.25, -0.2) is 13.4 Å². The highest BCUT2D eigenvalue weighted by Crippen LogP contribution is 2.39. The summed E-state index contributed by atoms with van der Waals surface area (Å²) in [5.41, 5.74) is 1.60. The maximum Gasteiger partial charge on any atom is 0.243 e. The fourth-order valence-electron chi connectivity index (χ4n) is 3.73. The molecule has 8 nitrogen and oxygen atoms in total. The highest BCUT2D eigenvalue weighted by molar-refractivity contribution is 7.89. The average molecular weight is 463 g/mol. The van der Waals surface area contributed by atoms with E-state index in [-0.39, 0.29) is 35.1 Å². The van der Waals surface area contributed by atoms with E-state index in [1.807, 2.05) is 6.92 Å². The Bertz CT molecular complexity index is 1130. The van der Waals surface area contributed by atoms with Gasteiger partial charge in [0.2, 0.25) is 21.8 Å². The highest BCUT2D eigenvalue weighted by atomic mass is 35.5. The molecule has 31 heavy (non-hydrogen) atoms. The van der Waals surface area contributed by atoms with Crippen molar-refractivity contribution in [3.8, 4) is 0 Å². The zero-order chi connectivity index (χ0) is 22.3. The first-order chi connectivity index (χ1) is 14.7. The minimum atomic E-state index is -3.89. The van der Waals surface area contributed by atoms with Crippen molar-refractivity contribution in [2.45, 2.75) is 37.1 Å². The van der Waals surface area contributed by atoms with Crippen LogP contribution in [0, 0.1) is 5.92 Å². The minimum absolute atomic E-state index is 0.00330. The Kier molecular flexibility index (Phi) is 5.76. The van der Waals surface area contributed by atoms with Crippen molar-refractivity contribution < 1.29 is 18.0 Å². The van der Waals surface area contributed by atoms with Gasteiger partial charge in [-0.2, -0.15) is 4.31 Å². The van der Waals surface area contributed by atoms with Crippen LogP contribution in [-0.2, 0) is 26.0 Å². The number of pyridine rings is 1. The Morgan fingerprint density at radius 1 is 1.26 bits per heavy atom. The Morgan fingerprint density at radius 3 is 2.65 bits per heavy atom. The van der Waals surface area contributed by atoms with Crippen LogP contribution < -0.4 is 10.2 Å². The fraction of sp³-hybridized carbons (Fsp3) is 0.381. The molecule has 0 spiro atoms. The standard InChI is InChI=1S/C21H23ClN4O4S/c1-13-9-15-10-17(6-7-18(15)26(13)21(28)14-3-4-14)31(29,30)25(2)12-20(27)24-19-8-5-16(22)11-23-19/h5-8,10-11,13-14H,3-4,9,12H2,1-2H3,(H,23,24,27). The van der Waals surface area contributed by atoms with Gasteiger partial charge in [0.15, 0.2) is 0 Å². The van der Waals surface area contributed by atoms with Gasteiger partial charge in [0.25, 0.3) is 0 Å². The summed E-state index contributed by atoms with van der Waals surface area (Å²) in [5, 5.41) is 2.98. The maximum atomic E-state index is 13.0. The van der Waals surface area contributed by atoms with Crippen LogP contribution >= 0.6 is 11.6 Å². The van der Waals surface area contributed by atoms with Crippen molar-refractivity contribution in [2.24, 2.45) is 5.92 Å². The lowest BCUT2D eigenvalue weighted by atomic mass is 10.1. The topological polar surface area (TPSA) is 99.7 Å². The van der Waals surface area contributed by atoms with E-state index in [1.165, 1.54) is 25.4 Å². The van der Waals surface area contributed by atoms with E-state index in [2.05, 4.69) is 10.3 Å². The van der Waals surface area contributed by atoms with Crippen molar-refractivity contribution in [3.05, 3.63) is 47.1 Å². The molecule has 1 N–H and O–H groups in total. The van der Waals surface area contributed by atoms with E-state index >= 15 is 0 Å². The second kappa shape index (κ2) is 8.22. The second-order valence-electron chi connectivity index (χ2n) is 8.00. The van der Waals surface area contributed by atoms with Crippen LogP contribution in [0.3, 0.4) is 0 Å². The van der Waals surface area contributed by atoms with E-state index in [0.29, 0.717) is 11.4 Å². The highest BCUT2D eigenvalue weighted by Gasteiger charge is 2.40. The predicted molar refractivity (Wildman–Crippen MR) is 118 cm³/mol. The number of rotatable bonds is 6. The molecule has 1 aliphatic carbocycles. The monoisotopic (exact) mass is 462 g/mol. The fourth-order valence-corrected chi connectivity index (χ4v) is 5.02. The normalized spacial score (nSPS) is 18.2. The summed E-state index contributed by atoms with van der Waals surface area (Å²) >= 11 is 5.77. The van der Waals surface area contributed by atoms with Crippen molar-refractivity contribution in [1.29, 1.82) is 0 Å².